The van der Waals surface area contributed by atoms with Crippen LogP contribution in [0.4, 0.5) is 24.5 Å². The van der Waals surface area contributed by atoms with Crippen molar-refractivity contribution >= 4 is 29.1 Å². The third-order valence-corrected chi connectivity index (χ3v) is 3.78. The van der Waals surface area contributed by atoms with Crippen LogP contribution in [0.15, 0.2) is 42.6 Å². The van der Waals surface area contributed by atoms with Crippen LogP contribution in [0, 0.1) is 0 Å². The Bertz CT molecular complexity index is 897. The molecule has 3 N–H and O–H groups in total. The first-order valence-corrected chi connectivity index (χ1v) is 7.78. The second kappa shape index (κ2) is 7.06. The van der Waals surface area contributed by atoms with Gasteiger partial charge in [0.05, 0.1) is 29.6 Å². The lowest BCUT2D eigenvalue weighted by Gasteiger charge is -2.14. The normalized spacial score (nSPS) is 16.6. The summed E-state index contributed by atoms with van der Waals surface area (Å²) < 4.78 is 37.5. The molecule has 10 heteroatoms. The minimum Gasteiger partial charge on any atom is -0.340 e. The van der Waals surface area contributed by atoms with Gasteiger partial charge >= 0.3 is 6.18 Å². The Morgan fingerprint density at radius 1 is 1.15 bits per heavy atom. The van der Waals surface area contributed by atoms with Gasteiger partial charge in [0.15, 0.2) is 0 Å². The van der Waals surface area contributed by atoms with Gasteiger partial charge in [0, 0.05) is 0 Å². The van der Waals surface area contributed by atoms with E-state index in [0.717, 1.165) is 18.3 Å². The van der Waals surface area contributed by atoms with Crippen molar-refractivity contribution in [2.24, 2.45) is 0 Å². The number of nitrogens with one attached hydrogen (secondary N) is 3. The van der Waals surface area contributed by atoms with Gasteiger partial charge in [-0.15, -0.1) is 0 Å². The van der Waals surface area contributed by atoms with Crippen molar-refractivity contribution in [3.63, 3.8) is 0 Å². The predicted octanol–water partition coefficient (Wildman–Crippen LogP) is 2.18. The van der Waals surface area contributed by atoms with Crippen molar-refractivity contribution in [2.45, 2.75) is 18.6 Å². The average molecular weight is 378 g/mol. The van der Waals surface area contributed by atoms with Gasteiger partial charge in [-0.1, -0.05) is 12.1 Å². The molecule has 0 saturated carbocycles. The van der Waals surface area contributed by atoms with Crippen LogP contribution in [0.25, 0.3) is 0 Å². The summed E-state index contributed by atoms with van der Waals surface area (Å²) in [5.41, 5.74) is -0.458. The van der Waals surface area contributed by atoms with Crippen molar-refractivity contribution in [1.29, 1.82) is 0 Å². The fourth-order valence-electron chi connectivity index (χ4n) is 2.49. The highest BCUT2D eigenvalue weighted by molar-refractivity contribution is 6.11. The number of benzene rings is 1. The summed E-state index contributed by atoms with van der Waals surface area (Å²) in [6.07, 6.45) is -4.12. The topological polar surface area (TPSA) is 100 Å². The van der Waals surface area contributed by atoms with Gasteiger partial charge in [-0.3, -0.25) is 14.4 Å². The van der Waals surface area contributed by atoms with Crippen LogP contribution in [0.2, 0.25) is 0 Å². The smallest absolute Gasteiger partial charge is 0.340 e. The van der Waals surface area contributed by atoms with Crippen molar-refractivity contribution in [3.05, 3.63) is 53.9 Å². The van der Waals surface area contributed by atoms with Crippen LogP contribution in [0.5, 0.6) is 0 Å². The van der Waals surface area contributed by atoms with E-state index >= 15 is 0 Å². The lowest BCUT2D eigenvalue weighted by molar-refractivity contribution is -0.141. The van der Waals surface area contributed by atoms with Crippen molar-refractivity contribution in [3.8, 4) is 0 Å². The summed E-state index contributed by atoms with van der Waals surface area (Å²) in [4.78, 5) is 39.7. The summed E-state index contributed by atoms with van der Waals surface area (Å²) in [5, 5.41) is 7.36. The fourth-order valence-corrected chi connectivity index (χ4v) is 2.49. The standard InChI is InChI=1S/C17H13F3N4O3/c18-17(19,20)13-6-5-9(8-21-13)22-14(25)7-12-16(27)23-11-4-2-1-3-10(11)15(26)24-12/h1-6,8,12H,7H2,(H,22,25)(H,23,27)(H,24,26)/t12-/m1/s1. The number of fused-ring (bicyclic) bond motifs is 1. The molecule has 27 heavy (non-hydrogen) atoms. The highest BCUT2D eigenvalue weighted by atomic mass is 19.4. The minimum atomic E-state index is -4.58. The number of amides is 3. The molecule has 0 unspecified atom stereocenters. The van der Waals surface area contributed by atoms with E-state index in [4.69, 9.17) is 0 Å². The number of carbonyl (C=O) groups excluding carboxylic acids is 3. The van der Waals surface area contributed by atoms with Gasteiger partial charge in [-0.05, 0) is 24.3 Å². The van der Waals surface area contributed by atoms with E-state index in [1.807, 2.05) is 0 Å². The van der Waals surface area contributed by atoms with Crippen LogP contribution in [-0.4, -0.2) is 28.7 Å². The molecule has 0 fully saturated rings. The first-order chi connectivity index (χ1) is 12.7. The van der Waals surface area contributed by atoms with E-state index in [1.54, 1.807) is 18.2 Å². The number of halogens is 3. The SMILES string of the molecule is O=C(C[C@H]1NC(=O)c2ccccc2NC1=O)Nc1ccc(C(F)(F)F)nc1. The van der Waals surface area contributed by atoms with Gasteiger partial charge in [-0.2, -0.15) is 13.2 Å². The number of rotatable bonds is 3. The molecular formula is C17H13F3N4O3. The Hall–Kier alpha value is -3.43. The molecule has 1 aromatic heterocycles. The molecule has 0 saturated heterocycles. The number of nitrogens with zero attached hydrogens (tertiary/aromatic N) is 1. The van der Waals surface area contributed by atoms with Crippen LogP contribution in [0.1, 0.15) is 22.5 Å². The highest BCUT2D eigenvalue weighted by Gasteiger charge is 2.32. The summed E-state index contributed by atoms with van der Waals surface area (Å²) in [7, 11) is 0. The molecule has 140 valence electrons. The number of aromatic nitrogens is 1. The van der Waals surface area contributed by atoms with Gasteiger partial charge in [0.2, 0.25) is 11.8 Å². The molecule has 1 aromatic carbocycles. The van der Waals surface area contributed by atoms with Crippen molar-refractivity contribution in [1.82, 2.24) is 10.3 Å². The molecule has 2 heterocycles. The number of alkyl halides is 3. The molecule has 0 radical (unpaired) electrons. The third-order valence-electron chi connectivity index (χ3n) is 3.78. The Morgan fingerprint density at radius 2 is 1.89 bits per heavy atom. The lowest BCUT2D eigenvalue weighted by atomic mass is 10.1. The molecule has 0 spiro atoms. The number of hydrogen-bond acceptors (Lipinski definition) is 4. The Morgan fingerprint density at radius 3 is 2.56 bits per heavy atom. The Kier molecular flexibility index (Phi) is 4.80. The summed E-state index contributed by atoms with van der Waals surface area (Å²) in [6, 6.07) is 7.02. The maximum absolute atomic E-state index is 12.5. The molecule has 0 aliphatic carbocycles. The molecule has 3 amide bonds. The second-order valence-electron chi connectivity index (χ2n) is 5.74. The first kappa shape index (κ1) is 18.4. The largest absolute Gasteiger partial charge is 0.433 e. The molecule has 1 aliphatic heterocycles. The van der Waals surface area contributed by atoms with E-state index in [0.29, 0.717) is 5.69 Å². The lowest BCUT2D eigenvalue weighted by Crippen LogP contribution is -2.43. The van der Waals surface area contributed by atoms with Crippen LogP contribution >= 0.6 is 0 Å². The summed E-state index contributed by atoms with van der Waals surface area (Å²) in [5.74, 6) is -1.75. The van der Waals surface area contributed by atoms with E-state index in [1.165, 1.54) is 6.07 Å². The number of hydrogen-bond donors (Lipinski definition) is 3. The molecule has 7 nitrogen and oxygen atoms in total. The fraction of sp³-hybridized carbons (Fsp3) is 0.176. The van der Waals surface area contributed by atoms with Crippen LogP contribution in [-0.2, 0) is 15.8 Å². The molecule has 2 aromatic rings. The molecule has 0 bridgehead atoms. The highest BCUT2D eigenvalue weighted by Crippen LogP contribution is 2.27. The first-order valence-electron chi connectivity index (χ1n) is 7.78. The summed E-state index contributed by atoms with van der Waals surface area (Å²) in [6.45, 7) is 0. The average Bonchev–Trinajstić information content (AvgIpc) is 2.71. The zero-order valence-electron chi connectivity index (χ0n) is 13.6. The molecule has 3 rings (SSSR count). The van der Waals surface area contributed by atoms with Gasteiger partial charge in [0.1, 0.15) is 11.7 Å². The maximum Gasteiger partial charge on any atom is 0.433 e. The zero-order chi connectivity index (χ0) is 19.6. The van der Waals surface area contributed by atoms with E-state index in [9.17, 15) is 27.6 Å². The molecular weight excluding hydrogens is 365 g/mol. The Labute approximate surface area is 151 Å². The molecule has 1 aliphatic rings. The van der Waals surface area contributed by atoms with E-state index < -0.39 is 42.1 Å². The van der Waals surface area contributed by atoms with Gasteiger partial charge in [-0.25, -0.2) is 4.98 Å². The quantitative estimate of drug-likeness (QED) is 0.762. The van der Waals surface area contributed by atoms with E-state index in [2.05, 4.69) is 20.9 Å². The zero-order valence-corrected chi connectivity index (χ0v) is 13.6. The number of carbonyl (C=O) groups is 3. The third kappa shape index (κ3) is 4.22. The monoisotopic (exact) mass is 378 g/mol. The van der Waals surface area contributed by atoms with Crippen LogP contribution < -0.4 is 16.0 Å². The minimum absolute atomic E-state index is 0.0386. The van der Waals surface area contributed by atoms with Crippen molar-refractivity contribution in [2.75, 3.05) is 10.6 Å². The maximum atomic E-state index is 12.5. The second-order valence-corrected chi connectivity index (χ2v) is 5.74. The predicted molar refractivity (Wildman–Crippen MR) is 88.8 cm³/mol. The van der Waals surface area contributed by atoms with Crippen LogP contribution in [0.3, 0.4) is 0 Å². The number of para-hydroxylation sites is 1. The van der Waals surface area contributed by atoms with Crippen molar-refractivity contribution < 1.29 is 27.6 Å². The van der Waals surface area contributed by atoms with Gasteiger partial charge < -0.3 is 16.0 Å². The molecule has 1 atom stereocenters. The summed E-state index contributed by atoms with van der Waals surface area (Å²) >= 11 is 0. The number of pyridine rings is 1. The van der Waals surface area contributed by atoms with Gasteiger partial charge in [0.25, 0.3) is 5.91 Å². The Balaban J connectivity index is 1.66. The van der Waals surface area contributed by atoms with E-state index in [-0.39, 0.29) is 11.3 Å². The number of anilines is 2.